The quantitative estimate of drug-likeness (QED) is 0.510. The molecule has 0 aliphatic rings. The van der Waals surface area contributed by atoms with E-state index in [2.05, 4.69) is 0 Å². The van der Waals surface area contributed by atoms with Gasteiger partial charge in [0.25, 0.3) is 0 Å². The van der Waals surface area contributed by atoms with Gasteiger partial charge in [0.05, 0.1) is 0 Å². The molecule has 0 unspecified atom stereocenters. The molecule has 1 aromatic rings. The van der Waals surface area contributed by atoms with Crippen molar-refractivity contribution in [3.63, 3.8) is 0 Å². The van der Waals surface area contributed by atoms with E-state index in [1.165, 1.54) is 0 Å². The molecule has 0 saturated carbocycles. The van der Waals surface area contributed by atoms with Gasteiger partial charge in [-0.3, -0.25) is 0 Å². The molecular formula is C6H7ClO. The van der Waals surface area contributed by atoms with Crippen LogP contribution >= 0.6 is 11.6 Å². The Morgan fingerprint density at radius 3 is 1.75 bits per heavy atom. The molecule has 0 bridgehead atoms. The first-order valence-corrected chi connectivity index (χ1v) is 2.48. The summed E-state index contributed by atoms with van der Waals surface area (Å²) in [5, 5.41) is 0.794. The molecule has 0 saturated heterocycles. The molecular weight excluding hydrogens is 124 g/mol. The van der Waals surface area contributed by atoms with Crippen molar-refractivity contribution in [1.82, 2.24) is 0 Å². The summed E-state index contributed by atoms with van der Waals surface area (Å²) in [6.45, 7) is 0. The fraction of sp³-hybridized carbons (Fsp3) is 0. The van der Waals surface area contributed by atoms with Crippen molar-refractivity contribution in [1.29, 1.82) is 0 Å². The summed E-state index contributed by atoms with van der Waals surface area (Å²) < 4.78 is 0. The van der Waals surface area contributed by atoms with Crippen LogP contribution in [-0.4, -0.2) is 5.48 Å². The minimum Gasteiger partial charge on any atom is -0.412 e. The van der Waals surface area contributed by atoms with Gasteiger partial charge in [0.1, 0.15) is 0 Å². The van der Waals surface area contributed by atoms with Gasteiger partial charge in [0.15, 0.2) is 0 Å². The summed E-state index contributed by atoms with van der Waals surface area (Å²) >= 11 is 5.54. The maximum Gasteiger partial charge on any atom is 0.0405 e. The lowest BCUT2D eigenvalue weighted by Crippen LogP contribution is -1.55. The molecule has 8 heavy (non-hydrogen) atoms. The summed E-state index contributed by atoms with van der Waals surface area (Å²) in [5.41, 5.74) is 0. The zero-order valence-corrected chi connectivity index (χ0v) is 5.02. The molecule has 0 aromatic heterocycles. The van der Waals surface area contributed by atoms with E-state index in [0.717, 1.165) is 5.02 Å². The molecule has 0 spiro atoms. The molecule has 1 rings (SSSR count). The maximum atomic E-state index is 5.54. The van der Waals surface area contributed by atoms with Crippen molar-refractivity contribution in [2.45, 2.75) is 0 Å². The summed E-state index contributed by atoms with van der Waals surface area (Å²) in [7, 11) is 0. The van der Waals surface area contributed by atoms with Crippen molar-refractivity contribution in [3.05, 3.63) is 35.4 Å². The van der Waals surface area contributed by atoms with Crippen LogP contribution in [0.4, 0.5) is 0 Å². The first-order valence-electron chi connectivity index (χ1n) is 2.10. The van der Waals surface area contributed by atoms with E-state index in [-0.39, 0.29) is 5.48 Å². The van der Waals surface area contributed by atoms with E-state index in [0.29, 0.717) is 0 Å². The van der Waals surface area contributed by atoms with Crippen LogP contribution < -0.4 is 0 Å². The van der Waals surface area contributed by atoms with Crippen LogP contribution in [0.1, 0.15) is 0 Å². The van der Waals surface area contributed by atoms with Gasteiger partial charge >= 0.3 is 0 Å². The Hall–Kier alpha value is -0.530. The van der Waals surface area contributed by atoms with E-state index in [9.17, 15) is 0 Å². The zero-order chi connectivity index (χ0) is 5.11. The van der Waals surface area contributed by atoms with Crippen molar-refractivity contribution in [2.24, 2.45) is 0 Å². The van der Waals surface area contributed by atoms with Gasteiger partial charge in [0.2, 0.25) is 0 Å². The summed E-state index contributed by atoms with van der Waals surface area (Å²) in [5.74, 6) is 0. The Morgan fingerprint density at radius 1 is 1.00 bits per heavy atom. The Balaban J connectivity index is 0.000000490. The average Bonchev–Trinajstić information content (AvgIpc) is 1.69. The average molecular weight is 131 g/mol. The standard InChI is InChI=1S/C6H5Cl.H2O/c7-6-4-2-1-3-5-6;/h1-5H;1H2. The predicted octanol–water partition coefficient (Wildman–Crippen LogP) is 1.52. The lowest BCUT2D eigenvalue weighted by molar-refractivity contribution is 0.824. The van der Waals surface area contributed by atoms with Crippen LogP contribution in [0.3, 0.4) is 0 Å². The highest BCUT2D eigenvalue weighted by Gasteiger charge is 1.74. The lowest BCUT2D eigenvalue weighted by Gasteiger charge is -1.80. The van der Waals surface area contributed by atoms with Crippen molar-refractivity contribution in [3.8, 4) is 0 Å². The molecule has 0 aliphatic heterocycles. The molecule has 0 amide bonds. The minimum absolute atomic E-state index is 0. The van der Waals surface area contributed by atoms with Crippen molar-refractivity contribution < 1.29 is 5.48 Å². The van der Waals surface area contributed by atoms with Gasteiger partial charge in [-0.05, 0) is 12.1 Å². The number of benzene rings is 1. The normalized spacial score (nSPS) is 7.62. The third-order valence-corrected chi connectivity index (χ3v) is 0.985. The Bertz CT molecular complexity index is 138. The second kappa shape index (κ2) is 3.47. The van der Waals surface area contributed by atoms with Crippen LogP contribution in [0.2, 0.25) is 5.02 Å². The second-order valence-corrected chi connectivity index (χ2v) is 1.73. The van der Waals surface area contributed by atoms with Crippen LogP contribution in [0.5, 0.6) is 0 Å². The Kier molecular flexibility index (Phi) is 3.24. The van der Waals surface area contributed by atoms with E-state index < -0.39 is 0 Å². The van der Waals surface area contributed by atoms with Crippen molar-refractivity contribution >= 4 is 11.6 Å². The molecule has 0 atom stereocenters. The topological polar surface area (TPSA) is 31.5 Å². The first-order chi connectivity index (χ1) is 3.39. The Labute approximate surface area is 53.2 Å². The minimum atomic E-state index is 0. The molecule has 0 heterocycles. The van der Waals surface area contributed by atoms with E-state index in [1.54, 1.807) is 0 Å². The van der Waals surface area contributed by atoms with Crippen LogP contribution in [0.15, 0.2) is 30.3 Å². The zero-order valence-electron chi connectivity index (χ0n) is 4.26. The molecule has 0 fully saturated rings. The summed E-state index contributed by atoms with van der Waals surface area (Å²) in [6.07, 6.45) is 0. The highest BCUT2D eigenvalue weighted by molar-refractivity contribution is 6.30. The number of hydrogen-bond donors (Lipinski definition) is 0. The second-order valence-electron chi connectivity index (χ2n) is 1.30. The first kappa shape index (κ1) is 7.47. The fourth-order valence-corrected chi connectivity index (χ4v) is 0.560. The van der Waals surface area contributed by atoms with Gasteiger partial charge in [-0.2, -0.15) is 0 Å². The lowest BCUT2D eigenvalue weighted by atomic mass is 10.4. The van der Waals surface area contributed by atoms with Gasteiger partial charge in [0, 0.05) is 5.02 Å². The number of hydrogen-bond acceptors (Lipinski definition) is 0. The molecule has 0 aliphatic carbocycles. The van der Waals surface area contributed by atoms with E-state index in [4.69, 9.17) is 11.6 Å². The van der Waals surface area contributed by atoms with Gasteiger partial charge < -0.3 is 5.48 Å². The van der Waals surface area contributed by atoms with Gasteiger partial charge in [-0.15, -0.1) is 0 Å². The molecule has 2 N–H and O–H groups in total. The largest absolute Gasteiger partial charge is 0.412 e. The third kappa shape index (κ3) is 1.96. The molecule has 2 heteroatoms. The molecule has 1 nitrogen and oxygen atoms in total. The highest BCUT2D eigenvalue weighted by Crippen LogP contribution is 2.03. The number of rotatable bonds is 0. The smallest absolute Gasteiger partial charge is 0.0405 e. The van der Waals surface area contributed by atoms with Crippen LogP contribution in [-0.2, 0) is 0 Å². The van der Waals surface area contributed by atoms with Crippen LogP contribution in [0.25, 0.3) is 0 Å². The highest BCUT2D eigenvalue weighted by atomic mass is 35.5. The maximum absolute atomic E-state index is 5.54. The molecule has 1 aromatic carbocycles. The third-order valence-electron chi connectivity index (χ3n) is 0.733. The van der Waals surface area contributed by atoms with E-state index in [1.807, 2.05) is 30.3 Å². The van der Waals surface area contributed by atoms with Gasteiger partial charge in [-0.25, -0.2) is 0 Å². The van der Waals surface area contributed by atoms with Gasteiger partial charge in [-0.1, -0.05) is 29.8 Å². The predicted molar refractivity (Wildman–Crippen MR) is 35.1 cm³/mol. The number of halogens is 1. The fourth-order valence-electron chi connectivity index (χ4n) is 0.415. The van der Waals surface area contributed by atoms with Crippen LogP contribution in [0, 0.1) is 0 Å². The summed E-state index contributed by atoms with van der Waals surface area (Å²) in [4.78, 5) is 0. The Morgan fingerprint density at radius 2 is 1.50 bits per heavy atom. The van der Waals surface area contributed by atoms with Crippen molar-refractivity contribution in [2.75, 3.05) is 0 Å². The molecule has 0 radical (unpaired) electrons. The molecule has 44 valence electrons. The summed E-state index contributed by atoms with van der Waals surface area (Å²) in [6, 6.07) is 9.44. The van der Waals surface area contributed by atoms with E-state index >= 15 is 0 Å². The SMILES string of the molecule is Clc1ccccc1.O. The monoisotopic (exact) mass is 130 g/mol.